The van der Waals surface area contributed by atoms with Crippen molar-refractivity contribution in [1.82, 2.24) is 9.97 Å². The van der Waals surface area contributed by atoms with Gasteiger partial charge in [-0.3, -0.25) is 0 Å². The number of aromatic nitrogens is 2. The van der Waals surface area contributed by atoms with E-state index in [1.54, 1.807) is 12.4 Å². The van der Waals surface area contributed by atoms with E-state index >= 15 is 0 Å². The Morgan fingerprint density at radius 2 is 2.00 bits per heavy atom. The van der Waals surface area contributed by atoms with Crippen LogP contribution < -0.4 is 0 Å². The molecule has 3 aromatic rings. The molecule has 0 saturated heterocycles. The van der Waals surface area contributed by atoms with Crippen LogP contribution in [0.5, 0.6) is 0 Å². The van der Waals surface area contributed by atoms with Crippen molar-refractivity contribution >= 4 is 22.2 Å². The van der Waals surface area contributed by atoms with Crippen LogP contribution in [-0.4, -0.2) is 9.97 Å². The van der Waals surface area contributed by atoms with Crippen LogP contribution in [0, 0.1) is 6.92 Å². The van der Waals surface area contributed by atoms with Crippen molar-refractivity contribution in [2.24, 2.45) is 0 Å². The number of aryl methyl sites for hydroxylation is 1. The Kier molecular flexibility index (Phi) is 1.36. The number of rotatable bonds is 0. The van der Waals surface area contributed by atoms with Gasteiger partial charge < -0.3 is 4.42 Å². The summed E-state index contributed by atoms with van der Waals surface area (Å²) in [5.74, 6) is 0. The molecule has 0 fully saturated rings. The molecule has 0 N–H and O–H groups in total. The molecule has 0 aliphatic heterocycles. The normalized spacial score (nSPS) is 11.2. The van der Waals surface area contributed by atoms with Crippen LogP contribution in [0.15, 0.2) is 35.0 Å². The summed E-state index contributed by atoms with van der Waals surface area (Å²) < 4.78 is 5.53. The second-order valence-corrected chi connectivity index (χ2v) is 3.31. The van der Waals surface area contributed by atoms with E-state index in [9.17, 15) is 0 Å². The summed E-state index contributed by atoms with van der Waals surface area (Å²) in [5.41, 5.74) is 3.49. The fraction of sp³-hybridized carbons (Fsp3) is 0.0909. The standard InChI is InChI=1S/C11H8N2O/c1-7-2-3-9-8(6-7)10-11(14-9)13-5-4-12-10/h2-6H,1H3. The third-order valence-electron chi connectivity index (χ3n) is 2.26. The van der Waals surface area contributed by atoms with Gasteiger partial charge in [0, 0.05) is 17.8 Å². The summed E-state index contributed by atoms with van der Waals surface area (Å²) in [6.07, 6.45) is 3.32. The minimum atomic E-state index is 0.605. The van der Waals surface area contributed by atoms with Crippen LogP contribution in [0.1, 0.15) is 5.56 Å². The summed E-state index contributed by atoms with van der Waals surface area (Å²) >= 11 is 0. The highest BCUT2D eigenvalue weighted by Crippen LogP contribution is 2.25. The molecule has 3 rings (SSSR count). The van der Waals surface area contributed by atoms with Gasteiger partial charge in [0.1, 0.15) is 11.1 Å². The maximum absolute atomic E-state index is 5.53. The third kappa shape index (κ3) is 0.923. The predicted molar refractivity (Wildman–Crippen MR) is 54.0 cm³/mol. The quantitative estimate of drug-likeness (QED) is 0.539. The molecule has 0 spiro atoms. The van der Waals surface area contributed by atoms with E-state index < -0.39 is 0 Å². The van der Waals surface area contributed by atoms with Crippen LogP contribution >= 0.6 is 0 Å². The zero-order chi connectivity index (χ0) is 9.54. The van der Waals surface area contributed by atoms with E-state index in [4.69, 9.17) is 4.42 Å². The highest BCUT2D eigenvalue weighted by Gasteiger charge is 2.07. The average Bonchev–Trinajstić information content (AvgIpc) is 2.56. The van der Waals surface area contributed by atoms with Crippen molar-refractivity contribution in [3.05, 3.63) is 36.2 Å². The fourth-order valence-corrected chi connectivity index (χ4v) is 1.61. The molecule has 3 nitrogen and oxygen atoms in total. The van der Waals surface area contributed by atoms with Crippen molar-refractivity contribution in [1.29, 1.82) is 0 Å². The topological polar surface area (TPSA) is 38.9 Å². The smallest absolute Gasteiger partial charge is 0.246 e. The molecule has 0 aliphatic carbocycles. The first kappa shape index (κ1) is 7.50. The molecule has 0 atom stereocenters. The lowest BCUT2D eigenvalue weighted by atomic mass is 10.2. The van der Waals surface area contributed by atoms with Crippen molar-refractivity contribution < 1.29 is 4.42 Å². The molecule has 0 bridgehead atoms. The van der Waals surface area contributed by atoms with Crippen molar-refractivity contribution in [3.63, 3.8) is 0 Å². The summed E-state index contributed by atoms with van der Waals surface area (Å²) in [6.45, 7) is 2.05. The molecular weight excluding hydrogens is 176 g/mol. The van der Waals surface area contributed by atoms with Gasteiger partial charge in [-0.25, -0.2) is 9.97 Å². The second-order valence-electron chi connectivity index (χ2n) is 3.31. The van der Waals surface area contributed by atoms with Crippen molar-refractivity contribution in [3.8, 4) is 0 Å². The highest BCUT2D eigenvalue weighted by molar-refractivity contribution is 6.00. The van der Waals surface area contributed by atoms with Gasteiger partial charge in [-0.2, -0.15) is 0 Å². The van der Waals surface area contributed by atoms with E-state index in [0.29, 0.717) is 5.71 Å². The van der Waals surface area contributed by atoms with Crippen LogP contribution in [0.2, 0.25) is 0 Å². The Hall–Kier alpha value is -1.90. The number of benzene rings is 1. The summed E-state index contributed by atoms with van der Waals surface area (Å²) in [6, 6.07) is 6.04. The van der Waals surface area contributed by atoms with Gasteiger partial charge in [0.2, 0.25) is 5.71 Å². The number of nitrogens with zero attached hydrogens (tertiary/aromatic N) is 2. The van der Waals surface area contributed by atoms with Gasteiger partial charge in [0.25, 0.3) is 0 Å². The van der Waals surface area contributed by atoms with Crippen LogP contribution in [0.3, 0.4) is 0 Å². The molecule has 2 heterocycles. The maximum Gasteiger partial charge on any atom is 0.246 e. The lowest BCUT2D eigenvalue weighted by Gasteiger charge is -1.90. The SMILES string of the molecule is Cc1ccc2oc3nccnc3c2c1. The van der Waals surface area contributed by atoms with Gasteiger partial charge in [0.15, 0.2) is 0 Å². The molecular formula is C11H8N2O. The number of hydrogen-bond donors (Lipinski definition) is 0. The Morgan fingerprint density at radius 3 is 2.93 bits per heavy atom. The Balaban J connectivity index is 2.58. The lowest BCUT2D eigenvalue weighted by molar-refractivity contribution is 0.653. The Bertz CT molecular complexity index is 613. The molecule has 0 unspecified atom stereocenters. The summed E-state index contributed by atoms with van der Waals surface area (Å²) in [7, 11) is 0. The molecule has 1 aromatic carbocycles. The lowest BCUT2D eigenvalue weighted by Crippen LogP contribution is -1.76. The van der Waals surface area contributed by atoms with E-state index in [1.807, 2.05) is 12.1 Å². The van der Waals surface area contributed by atoms with E-state index in [-0.39, 0.29) is 0 Å². The maximum atomic E-state index is 5.53. The minimum Gasteiger partial charge on any atom is -0.436 e. The van der Waals surface area contributed by atoms with Crippen molar-refractivity contribution in [2.45, 2.75) is 6.92 Å². The molecule has 0 saturated carbocycles. The van der Waals surface area contributed by atoms with Gasteiger partial charge >= 0.3 is 0 Å². The predicted octanol–water partition coefficient (Wildman–Crippen LogP) is 2.68. The first-order valence-corrected chi connectivity index (χ1v) is 4.44. The largest absolute Gasteiger partial charge is 0.436 e. The molecule has 68 valence electrons. The molecule has 3 heteroatoms. The zero-order valence-electron chi connectivity index (χ0n) is 7.69. The second kappa shape index (κ2) is 2.54. The molecule has 14 heavy (non-hydrogen) atoms. The van der Waals surface area contributed by atoms with E-state index in [0.717, 1.165) is 16.5 Å². The number of fused-ring (bicyclic) bond motifs is 3. The molecule has 0 radical (unpaired) electrons. The number of furan rings is 1. The minimum absolute atomic E-state index is 0.605. The molecule has 2 aromatic heterocycles. The monoisotopic (exact) mass is 184 g/mol. The average molecular weight is 184 g/mol. The zero-order valence-corrected chi connectivity index (χ0v) is 7.69. The first-order chi connectivity index (χ1) is 6.84. The first-order valence-electron chi connectivity index (χ1n) is 4.44. The van der Waals surface area contributed by atoms with Gasteiger partial charge in [-0.05, 0) is 19.1 Å². The number of hydrogen-bond acceptors (Lipinski definition) is 3. The van der Waals surface area contributed by atoms with Crippen molar-refractivity contribution in [2.75, 3.05) is 0 Å². The Morgan fingerprint density at radius 1 is 1.14 bits per heavy atom. The van der Waals surface area contributed by atoms with E-state index in [1.165, 1.54) is 5.56 Å². The van der Waals surface area contributed by atoms with Crippen LogP contribution in [0.25, 0.3) is 22.2 Å². The third-order valence-corrected chi connectivity index (χ3v) is 2.26. The van der Waals surface area contributed by atoms with Gasteiger partial charge in [-0.15, -0.1) is 0 Å². The summed E-state index contributed by atoms with van der Waals surface area (Å²) in [4.78, 5) is 8.37. The van der Waals surface area contributed by atoms with Crippen LogP contribution in [0.4, 0.5) is 0 Å². The summed E-state index contributed by atoms with van der Waals surface area (Å²) in [5, 5.41) is 1.04. The molecule has 0 amide bonds. The van der Waals surface area contributed by atoms with Gasteiger partial charge in [-0.1, -0.05) is 11.6 Å². The van der Waals surface area contributed by atoms with Gasteiger partial charge in [0.05, 0.1) is 0 Å². The van der Waals surface area contributed by atoms with Crippen LogP contribution in [-0.2, 0) is 0 Å². The Labute approximate surface area is 80.4 Å². The van der Waals surface area contributed by atoms with E-state index in [2.05, 4.69) is 23.0 Å². The molecule has 0 aliphatic rings. The fourth-order valence-electron chi connectivity index (χ4n) is 1.61. The highest BCUT2D eigenvalue weighted by atomic mass is 16.3.